The molecule has 0 amide bonds. The average Bonchev–Trinajstić information content (AvgIpc) is 2.39. The van der Waals surface area contributed by atoms with Crippen LogP contribution in [0.2, 0.25) is 0 Å². The van der Waals surface area contributed by atoms with Gasteiger partial charge in [-0.3, -0.25) is 0 Å². The van der Waals surface area contributed by atoms with E-state index in [1.165, 1.54) is 11.1 Å². The van der Waals surface area contributed by atoms with E-state index in [1.54, 1.807) is 11.8 Å². The molecule has 100 valence electrons. The van der Waals surface area contributed by atoms with Gasteiger partial charge in [-0.2, -0.15) is 0 Å². The molecule has 2 aromatic rings. The Balaban J connectivity index is 1.82. The third-order valence-electron chi connectivity index (χ3n) is 2.77. The Kier molecular flexibility index (Phi) is 4.74. The van der Waals surface area contributed by atoms with E-state index in [9.17, 15) is 0 Å². The SMILES string of the molecule is Cc1cccc(OCCSc2cc(C)ccc2N)c1. The number of aryl methyl sites for hydroxylation is 2. The van der Waals surface area contributed by atoms with Gasteiger partial charge in [0.05, 0.1) is 6.61 Å². The molecule has 0 saturated carbocycles. The molecule has 0 aromatic heterocycles. The first-order valence-electron chi connectivity index (χ1n) is 6.33. The predicted octanol–water partition coefficient (Wildman–Crippen LogP) is 4.06. The molecule has 0 spiro atoms. The van der Waals surface area contributed by atoms with Crippen molar-refractivity contribution < 1.29 is 4.74 Å². The molecule has 0 aliphatic carbocycles. The summed E-state index contributed by atoms with van der Waals surface area (Å²) in [5.41, 5.74) is 9.23. The summed E-state index contributed by atoms with van der Waals surface area (Å²) in [6.07, 6.45) is 0. The Morgan fingerprint density at radius 3 is 2.63 bits per heavy atom. The number of hydrogen-bond donors (Lipinski definition) is 1. The van der Waals surface area contributed by atoms with Crippen molar-refractivity contribution in [3.63, 3.8) is 0 Å². The van der Waals surface area contributed by atoms with Crippen LogP contribution in [0.25, 0.3) is 0 Å². The maximum absolute atomic E-state index is 5.94. The molecule has 2 N–H and O–H groups in total. The topological polar surface area (TPSA) is 35.2 Å². The van der Waals surface area contributed by atoms with Crippen LogP contribution in [0.4, 0.5) is 5.69 Å². The van der Waals surface area contributed by atoms with E-state index in [1.807, 2.05) is 30.3 Å². The number of thioether (sulfide) groups is 1. The van der Waals surface area contributed by atoms with Crippen molar-refractivity contribution in [1.29, 1.82) is 0 Å². The fraction of sp³-hybridized carbons (Fsp3) is 0.250. The van der Waals surface area contributed by atoms with E-state index in [4.69, 9.17) is 10.5 Å². The fourth-order valence-corrected chi connectivity index (χ4v) is 2.67. The molecular weight excluding hydrogens is 254 g/mol. The largest absolute Gasteiger partial charge is 0.493 e. The van der Waals surface area contributed by atoms with Crippen LogP contribution in [0, 0.1) is 13.8 Å². The van der Waals surface area contributed by atoms with Crippen molar-refractivity contribution in [2.45, 2.75) is 18.7 Å². The molecule has 19 heavy (non-hydrogen) atoms. The van der Waals surface area contributed by atoms with Crippen LogP contribution in [-0.2, 0) is 0 Å². The molecule has 0 aliphatic heterocycles. The minimum Gasteiger partial charge on any atom is -0.493 e. The Hall–Kier alpha value is -1.61. The Bertz CT molecular complexity index is 554. The quantitative estimate of drug-likeness (QED) is 0.507. The number of anilines is 1. The van der Waals surface area contributed by atoms with Crippen LogP contribution in [0.5, 0.6) is 5.75 Å². The summed E-state index contributed by atoms with van der Waals surface area (Å²) >= 11 is 1.73. The highest BCUT2D eigenvalue weighted by atomic mass is 32.2. The predicted molar refractivity (Wildman–Crippen MR) is 83.0 cm³/mol. The van der Waals surface area contributed by atoms with E-state index in [-0.39, 0.29) is 0 Å². The molecule has 0 atom stereocenters. The summed E-state index contributed by atoms with van der Waals surface area (Å²) in [5.74, 6) is 1.82. The molecular formula is C16H19NOS. The van der Waals surface area contributed by atoms with Gasteiger partial charge in [-0.1, -0.05) is 18.2 Å². The summed E-state index contributed by atoms with van der Waals surface area (Å²) in [5, 5.41) is 0. The van der Waals surface area contributed by atoms with Crippen LogP contribution >= 0.6 is 11.8 Å². The lowest BCUT2D eigenvalue weighted by Crippen LogP contribution is -2.01. The Morgan fingerprint density at radius 1 is 1.05 bits per heavy atom. The second-order valence-electron chi connectivity index (χ2n) is 4.55. The van der Waals surface area contributed by atoms with E-state index >= 15 is 0 Å². The lowest BCUT2D eigenvalue weighted by molar-refractivity contribution is 0.344. The van der Waals surface area contributed by atoms with Gasteiger partial charge < -0.3 is 10.5 Å². The summed E-state index contributed by atoms with van der Waals surface area (Å²) in [7, 11) is 0. The average molecular weight is 273 g/mol. The van der Waals surface area contributed by atoms with Crippen molar-refractivity contribution in [2.75, 3.05) is 18.1 Å². The third kappa shape index (κ3) is 4.21. The molecule has 0 saturated heterocycles. The van der Waals surface area contributed by atoms with Gasteiger partial charge in [0.25, 0.3) is 0 Å². The summed E-state index contributed by atoms with van der Waals surface area (Å²) in [6, 6.07) is 14.2. The number of nitrogen functional groups attached to an aromatic ring is 1. The molecule has 0 radical (unpaired) electrons. The lowest BCUT2D eigenvalue weighted by Gasteiger charge is -2.08. The van der Waals surface area contributed by atoms with Crippen LogP contribution in [0.3, 0.4) is 0 Å². The third-order valence-corrected chi connectivity index (χ3v) is 3.80. The minimum atomic E-state index is 0.682. The first kappa shape index (κ1) is 13.8. The van der Waals surface area contributed by atoms with Gasteiger partial charge in [-0.05, 0) is 49.2 Å². The molecule has 0 heterocycles. The van der Waals surface area contributed by atoms with E-state index < -0.39 is 0 Å². The maximum Gasteiger partial charge on any atom is 0.119 e. The zero-order chi connectivity index (χ0) is 13.7. The van der Waals surface area contributed by atoms with Crippen LogP contribution in [0.15, 0.2) is 47.4 Å². The smallest absolute Gasteiger partial charge is 0.119 e. The second-order valence-corrected chi connectivity index (χ2v) is 5.69. The first-order valence-corrected chi connectivity index (χ1v) is 7.32. The molecule has 0 unspecified atom stereocenters. The standard InChI is InChI=1S/C16H19NOS/c1-12-4-3-5-14(10-12)18-8-9-19-16-11-13(2)6-7-15(16)17/h3-7,10-11H,8-9,17H2,1-2H3. The summed E-state index contributed by atoms with van der Waals surface area (Å²) in [4.78, 5) is 1.13. The van der Waals surface area contributed by atoms with E-state index in [0.717, 1.165) is 22.1 Å². The van der Waals surface area contributed by atoms with Crippen molar-refractivity contribution in [2.24, 2.45) is 0 Å². The van der Waals surface area contributed by atoms with Crippen molar-refractivity contribution >= 4 is 17.4 Å². The van der Waals surface area contributed by atoms with Crippen molar-refractivity contribution in [1.82, 2.24) is 0 Å². The molecule has 0 bridgehead atoms. The highest BCUT2D eigenvalue weighted by Crippen LogP contribution is 2.26. The van der Waals surface area contributed by atoms with Crippen LogP contribution in [-0.4, -0.2) is 12.4 Å². The molecule has 0 fully saturated rings. The van der Waals surface area contributed by atoms with Gasteiger partial charge in [-0.15, -0.1) is 11.8 Å². The minimum absolute atomic E-state index is 0.682. The molecule has 3 heteroatoms. The highest BCUT2D eigenvalue weighted by molar-refractivity contribution is 7.99. The monoisotopic (exact) mass is 273 g/mol. The van der Waals surface area contributed by atoms with E-state index in [2.05, 4.69) is 26.0 Å². The number of rotatable bonds is 5. The zero-order valence-electron chi connectivity index (χ0n) is 11.3. The van der Waals surface area contributed by atoms with Crippen molar-refractivity contribution in [3.8, 4) is 5.75 Å². The fourth-order valence-electron chi connectivity index (χ4n) is 1.78. The Labute approximate surface area is 119 Å². The van der Waals surface area contributed by atoms with E-state index in [0.29, 0.717) is 6.61 Å². The van der Waals surface area contributed by atoms with Gasteiger partial charge in [0.1, 0.15) is 5.75 Å². The highest BCUT2D eigenvalue weighted by Gasteiger charge is 2.01. The first-order chi connectivity index (χ1) is 9.15. The maximum atomic E-state index is 5.94. The van der Waals surface area contributed by atoms with Crippen LogP contribution < -0.4 is 10.5 Å². The van der Waals surface area contributed by atoms with Gasteiger partial charge >= 0.3 is 0 Å². The summed E-state index contributed by atoms with van der Waals surface area (Å²) < 4.78 is 5.72. The number of nitrogens with two attached hydrogens (primary N) is 1. The zero-order valence-corrected chi connectivity index (χ0v) is 12.2. The molecule has 2 nitrogen and oxygen atoms in total. The van der Waals surface area contributed by atoms with Crippen LogP contribution in [0.1, 0.15) is 11.1 Å². The molecule has 2 rings (SSSR count). The Morgan fingerprint density at radius 2 is 1.84 bits per heavy atom. The summed E-state index contributed by atoms with van der Waals surface area (Å²) in [6.45, 7) is 4.82. The van der Waals surface area contributed by atoms with Gasteiger partial charge in [0.2, 0.25) is 0 Å². The van der Waals surface area contributed by atoms with Crippen molar-refractivity contribution in [3.05, 3.63) is 53.6 Å². The number of benzene rings is 2. The number of hydrogen-bond acceptors (Lipinski definition) is 3. The normalized spacial score (nSPS) is 10.4. The van der Waals surface area contributed by atoms with Gasteiger partial charge in [-0.25, -0.2) is 0 Å². The lowest BCUT2D eigenvalue weighted by atomic mass is 10.2. The molecule has 2 aromatic carbocycles. The molecule has 0 aliphatic rings. The second kappa shape index (κ2) is 6.53. The van der Waals surface area contributed by atoms with Gasteiger partial charge in [0, 0.05) is 16.3 Å². The number of ether oxygens (including phenoxy) is 1. The van der Waals surface area contributed by atoms with Gasteiger partial charge in [0.15, 0.2) is 0 Å².